The fraction of sp³-hybridized carbons (Fsp3) is 0.750. The normalized spacial score (nSPS) is 17.9. The zero-order valence-electron chi connectivity index (χ0n) is 9.19. The van der Waals surface area contributed by atoms with Crippen molar-refractivity contribution in [2.24, 2.45) is 7.05 Å². The van der Waals surface area contributed by atoms with E-state index < -0.39 is 17.6 Å². The third kappa shape index (κ3) is 1.75. The average molecular weight is 249 g/mol. The lowest BCUT2D eigenvalue weighted by atomic mass is 10.2. The molecular weight excluding hydrogens is 239 g/mol. The number of nitrogens with zero attached hydrogens (tertiary/aromatic N) is 5. The SMILES string of the molecule is CN(C(=O)c1nnn(C)n1)C1(C(F)(F)F)CC1. The Kier molecular flexibility index (Phi) is 2.37. The van der Waals surface area contributed by atoms with Crippen molar-refractivity contribution in [3.05, 3.63) is 5.82 Å². The van der Waals surface area contributed by atoms with Gasteiger partial charge in [0, 0.05) is 7.05 Å². The minimum atomic E-state index is -4.43. The Hall–Kier alpha value is -1.67. The van der Waals surface area contributed by atoms with Crippen LogP contribution in [0.3, 0.4) is 0 Å². The van der Waals surface area contributed by atoms with Gasteiger partial charge in [-0.3, -0.25) is 4.79 Å². The van der Waals surface area contributed by atoms with E-state index in [1.807, 2.05) is 0 Å². The molecule has 1 aromatic heterocycles. The van der Waals surface area contributed by atoms with E-state index in [1.54, 1.807) is 0 Å². The van der Waals surface area contributed by atoms with Gasteiger partial charge in [-0.1, -0.05) is 0 Å². The lowest BCUT2D eigenvalue weighted by Gasteiger charge is -2.28. The van der Waals surface area contributed by atoms with Crippen molar-refractivity contribution >= 4 is 5.91 Å². The summed E-state index contributed by atoms with van der Waals surface area (Å²) in [5.41, 5.74) is -2.05. The van der Waals surface area contributed by atoms with Gasteiger partial charge in [0.15, 0.2) is 0 Å². The number of rotatable bonds is 2. The van der Waals surface area contributed by atoms with Crippen LogP contribution in [-0.2, 0) is 7.05 Å². The molecule has 6 nitrogen and oxygen atoms in total. The third-order valence-electron chi connectivity index (χ3n) is 2.90. The van der Waals surface area contributed by atoms with Crippen molar-refractivity contribution in [1.29, 1.82) is 0 Å². The molecule has 9 heteroatoms. The molecule has 0 aromatic carbocycles. The summed E-state index contributed by atoms with van der Waals surface area (Å²) in [6.45, 7) is 0. The molecule has 0 spiro atoms. The van der Waals surface area contributed by atoms with Crippen LogP contribution in [0.1, 0.15) is 23.5 Å². The summed E-state index contributed by atoms with van der Waals surface area (Å²) in [5.74, 6) is -1.20. The van der Waals surface area contributed by atoms with E-state index in [1.165, 1.54) is 7.05 Å². The van der Waals surface area contributed by atoms with Crippen LogP contribution in [0.15, 0.2) is 0 Å². The molecule has 0 saturated heterocycles. The molecule has 94 valence electrons. The van der Waals surface area contributed by atoms with Crippen LogP contribution in [0.4, 0.5) is 13.2 Å². The minimum Gasteiger partial charge on any atom is -0.324 e. The van der Waals surface area contributed by atoms with Gasteiger partial charge >= 0.3 is 6.18 Å². The number of hydrogen-bond acceptors (Lipinski definition) is 4. The van der Waals surface area contributed by atoms with Gasteiger partial charge in [0.1, 0.15) is 5.54 Å². The summed E-state index contributed by atoms with van der Waals surface area (Å²) in [4.78, 5) is 13.4. The van der Waals surface area contributed by atoms with Gasteiger partial charge in [0.2, 0.25) is 0 Å². The highest BCUT2D eigenvalue weighted by Crippen LogP contribution is 2.53. The Labute approximate surface area is 94.4 Å². The fourth-order valence-corrected chi connectivity index (χ4v) is 1.64. The predicted octanol–water partition coefficient (Wildman–Crippen LogP) is 0.377. The van der Waals surface area contributed by atoms with E-state index in [4.69, 9.17) is 0 Å². The van der Waals surface area contributed by atoms with Gasteiger partial charge in [-0.05, 0) is 18.1 Å². The summed E-state index contributed by atoms with van der Waals surface area (Å²) in [6, 6.07) is 0. The molecule has 1 aliphatic carbocycles. The number of alkyl halides is 3. The fourth-order valence-electron chi connectivity index (χ4n) is 1.64. The molecule has 1 saturated carbocycles. The summed E-state index contributed by atoms with van der Waals surface area (Å²) < 4.78 is 38.3. The van der Waals surface area contributed by atoms with E-state index in [-0.39, 0.29) is 18.7 Å². The summed E-state index contributed by atoms with van der Waals surface area (Å²) in [5, 5.41) is 10.4. The summed E-state index contributed by atoms with van der Waals surface area (Å²) in [6.07, 6.45) is -4.60. The van der Waals surface area contributed by atoms with Gasteiger partial charge < -0.3 is 4.90 Å². The highest BCUT2D eigenvalue weighted by Gasteiger charge is 2.67. The second-order valence-electron chi connectivity index (χ2n) is 4.00. The summed E-state index contributed by atoms with van der Waals surface area (Å²) in [7, 11) is 2.54. The molecule has 17 heavy (non-hydrogen) atoms. The average Bonchev–Trinajstić information content (AvgIpc) is 2.94. The molecule has 0 radical (unpaired) electrons. The largest absolute Gasteiger partial charge is 0.411 e. The van der Waals surface area contributed by atoms with Crippen LogP contribution in [0.2, 0.25) is 0 Å². The number of halogens is 3. The van der Waals surface area contributed by atoms with Crippen molar-refractivity contribution < 1.29 is 18.0 Å². The molecule has 0 N–H and O–H groups in total. The van der Waals surface area contributed by atoms with E-state index in [0.29, 0.717) is 4.90 Å². The third-order valence-corrected chi connectivity index (χ3v) is 2.90. The van der Waals surface area contributed by atoms with Crippen molar-refractivity contribution in [2.75, 3.05) is 7.05 Å². The molecule has 0 atom stereocenters. The van der Waals surface area contributed by atoms with Crippen LogP contribution in [-0.4, -0.2) is 49.8 Å². The molecule has 1 aliphatic rings. The maximum absolute atomic E-state index is 12.8. The molecule has 1 fully saturated rings. The van der Waals surface area contributed by atoms with Crippen molar-refractivity contribution in [3.8, 4) is 0 Å². The smallest absolute Gasteiger partial charge is 0.324 e. The van der Waals surface area contributed by atoms with E-state index >= 15 is 0 Å². The minimum absolute atomic E-state index is 0.0843. The first-order valence-electron chi connectivity index (χ1n) is 4.87. The molecule has 0 aliphatic heterocycles. The second kappa shape index (κ2) is 3.41. The quantitative estimate of drug-likeness (QED) is 0.760. The van der Waals surface area contributed by atoms with Gasteiger partial charge in [-0.15, -0.1) is 10.2 Å². The monoisotopic (exact) mass is 249 g/mol. The second-order valence-corrected chi connectivity index (χ2v) is 4.00. The number of carbonyl (C=O) groups is 1. The van der Waals surface area contributed by atoms with Crippen LogP contribution in [0.5, 0.6) is 0 Å². The maximum atomic E-state index is 12.8. The number of hydrogen-bond donors (Lipinski definition) is 0. The number of aryl methyl sites for hydroxylation is 1. The Morgan fingerprint density at radius 2 is 2.06 bits per heavy atom. The standard InChI is InChI=1S/C8H10F3N5O/c1-15(7(3-4-7)8(9,10)11)6(17)5-12-14-16(2)13-5/h3-4H2,1-2H3. The first kappa shape index (κ1) is 11.8. The number of tetrazole rings is 1. The first-order chi connectivity index (χ1) is 7.78. The number of amides is 1. The highest BCUT2D eigenvalue weighted by molar-refractivity contribution is 5.91. The van der Waals surface area contributed by atoms with E-state index in [2.05, 4.69) is 15.4 Å². The Morgan fingerprint density at radius 3 is 2.41 bits per heavy atom. The van der Waals surface area contributed by atoms with Gasteiger partial charge in [-0.2, -0.15) is 18.0 Å². The number of aromatic nitrogens is 4. The molecule has 0 unspecified atom stereocenters. The zero-order chi connectivity index (χ0) is 12.8. The van der Waals surface area contributed by atoms with Crippen molar-refractivity contribution in [2.45, 2.75) is 24.6 Å². The zero-order valence-corrected chi connectivity index (χ0v) is 9.19. The van der Waals surface area contributed by atoms with Crippen LogP contribution < -0.4 is 0 Å². The Morgan fingerprint density at radius 1 is 1.47 bits per heavy atom. The first-order valence-corrected chi connectivity index (χ1v) is 4.87. The molecule has 0 bridgehead atoms. The van der Waals surface area contributed by atoms with E-state index in [0.717, 1.165) is 11.8 Å². The topological polar surface area (TPSA) is 63.9 Å². The summed E-state index contributed by atoms with van der Waals surface area (Å²) >= 11 is 0. The maximum Gasteiger partial charge on any atom is 0.411 e. The predicted molar refractivity (Wildman–Crippen MR) is 48.9 cm³/mol. The molecule has 2 rings (SSSR count). The van der Waals surface area contributed by atoms with Gasteiger partial charge in [0.25, 0.3) is 11.7 Å². The van der Waals surface area contributed by atoms with E-state index in [9.17, 15) is 18.0 Å². The molecule has 1 heterocycles. The Balaban J connectivity index is 2.22. The molecule has 1 aromatic rings. The lowest BCUT2D eigenvalue weighted by Crippen LogP contribution is -2.49. The van der Waals surface area contributed by atoms with Crippen LogP contribution in [0.25, 0.3) is 0 Å². The van der Waals surface area contributed by atoms with Gasteiger partial charge in [-0.25, -0.2) is 0 Å². The molecular formula is C8H10F3N5O. The van der Waals surface area contributed by atoms with Gasteiger partial charge in [0.05, 0.1) is 7.05 Å². The lowest BCUT2D eigenvalue weighted by molar-refractivity contribution is -0.185. The Bertz CT molecular complexity index is 450. The van der Waals surface area contributed by atoms with Crippen LogP contribution in [0, 0.1) is 0 Å². The van der Waals surface area contributed by atoms with Crippen LogP contribution >= 0.6 is 0 Å². The number of carbonyl (C=O) groups excluding carboxylic acids is 1. The van der Waals surface area contributed by atoms with Crippen molar-refractivity contribution in [1.82, 2.24) is 25.1 Å². The highest BCUT2D eigenvalue weighted by atomic mass is 19.4. The molecule has 1 amide bonds. The van der Waals surface area contributed by atoms with Crippen molar-refractivity contribution in [3.63, 3.8) is 0 Å².